The monoisotopic (exact) mass is 316 g/mol. The number of nitrogens with zero attached hydrogens (tertiary/aromatic N) is 1. The van der Waals surface area contributed by atoms with E-state index in [-0.39, 0.29) is 11.8 Å². The van der Waals surface area contributed by atoms with Gasteiger partial charge in [0.2, 0.25) is 5.91 Å². The van der Waals surface area contributed by atoms with Gasteiger partial charge in [-0.25, -0.2) is 4.79 Å². The molecule has 23 heavy (non-hydrogen) atoms. The van der Waals surface area contributed by atoms with Crippen molar-refractivity contribution < 1.29 is 19.1 Å². The molecule has 1 atom stereocenters. The summed E-state index contributed by atoms with van der Waals surface area (Å²) in [5, 5.41) is 2.56. The van der Waals surface area contributed by atoms with Crippen molar-refractivity contribution in [3.05, 3.63) is 42.5 Å². The summed E-state index contributed by atoms with van der Waals surface area (Å²) in [5.74, 6) is -0.934. The van der Waals surface area contributed by atoms with Crippen molar-refractivity contribution in [1.82, 2.24) is 5.32 Å². The number of hydrogen-bond donors (Lipinski definition) is 1. The first-order valence-electron chi connectivity index (χ1n) is 7.53. The van der Waals surface area contributed by atoms with Crippen molar-refractivity contribution in [3.8, 4) is 0 Å². The first-order chi connectivity index (χ1) is 11.0. The lowest BCUT2D eigenvalue weighted by Gasteiger charge is -2.17. The molecule has 1 saturated heterocycles. The zero-order valence-electron chi connectivity index (χ0n) is 13.1. The van der Waals surface area contributed by atoms with Crippen LogP contribution in [-0.4, -0.2) is 37.0 Å². The molecule has 0 unspecified atom stereocenters. The van der Waals surface area contributed by atoms with Crippen LogP contribution < -0.4 is 10.2 Å². The van der Waals surface area contributed by atoms with Gasteiger partial charge in [-0.2, -0.15) is 0 Å². The first-order valence-corrected chi connectivity index (χ1v) is 7.53. The Bertz CT molecular complexity index is 627. The predicted octanol–water partition coefficient (Wildman–Crippen LogP) is 1.66. The molecule has 6 nitrogen and oxygen atoms in total. The molecule has 2 amide bonds. The molecule has 0 bridgehead atoms. The molecule has 122 valence electrons. The fraction of sp³-hybridized carbons (Fsp3) is 0.353. The molecule has 0 saturated carbocycles. The van der Waals surface area contributed by atoms with Crippen LogP contribution in [0.5, 0.6) is 0 Å². The fourth-order valence-electron chi connectivity index (χ4n) is 2.32. The van der Waals surface area contributed by atoms with Crippen LogP contribution in [0.25, 0.3) is 0 Å². The van der Waals surface area contributed by atoms with Gasteiger partial charge >= 0.3 is 5.97 Å². The highest BCUT2D eigenvalue weighted by Crippen LogP contribution is 2.22. The number of benzene rings is 1. The van der Waals surface area contributed by atoms with Gasteiger partial charge in [-0.3, -0.25) is 9.59 Å². The molecule has 1 aromatic carbocycles. The number of anilines is 1. The number of hydrogen-bond acceptors (Lipinski definition) is 4. The molecule has 1 aliphatic heterocycles. The van der Waals surface area contributed by atoms with Crippen molar-refractivity contribution in [2.24, 2.45) is 0 Å². The molecule has 0 radical (unpaired) electrons. The Morgan fingerprint density at radius 3 is 2.91 bits per heavy atom. The number of amides is 2. The summed E-state index contributed by atoms with van der Waals surface area (Å²) in [5.41, 5.74) is 0.983. The summed E-state index contributed by atoms with van der Waals surface area (Å²) in [6.45, 7) is 5.97. The highest BCUT2D eigenvalue weighted by atomic mass is 16.5. The van der Waals surface area contributed by atoms with Crippen molar-refractivity contribution >= 4 is 23.5 Å². The van der Waals surface area contributed by atoms with Gasteiger partial charge in [0, 0.05) is 25.2 Å². The van der Waals surface area contributed by atoms with Gasteiger partial charge in [-0.15, -0.1) is 6.58 Å². The summed E-state index contributed by atoms with van der Waals surface area (Å²) < 4.78 is 5.15. The van der Waals surface area contributed by atoms with E-state index in [2.05, 4.69) is 11.9 Å². The van der Waals surface area contributed by atoms with Crippen LogP contribution >= 0.6 is 0 Å². The van der Waals surface area contributed by atoms with E-state index in [0.29, 0.717) is 30.8 Å². The number of carbonyl (C=O) groups is 3. The Balaban J connectivity index is 2.03. The van der Waals surface area contributed by atoms with Crippen molar-refractivity contribution in [2.75, 3.05) is 18.0 Å². The topological polar surface area (TPSA) is 75.7 Å². The van der Waals surface area contributed by atoms with Gasteiger partial charge in [0.15, 0.2) is 6.10 Å². The van der Waals surface area contributed by atoms with Gasteiger partial charge in [-0.05, 0) is 31.5 Å². The third-order valence-corrected chi connectivity index (χ3v) is 3.54. The third kappa shape index (κ3) is 4.18. The van der Waals surface area contributed by atoms with Crippen molar-refractivity contribution in [2.45, 2.75) is 25.9 Å². The Kier molecular flexibility index (Phi) is 5.51. The summed E-state index contributed by atoms with van der Waals surface area (Å²) in [7, 11) is 0. The van der Waals surface area contributed by atoms with E-state index >= 15 is 0 Å². The van der Waals surface area contributed by atoms with Crippen LogP contribution in [0.2, 0.25) is 0 Å². The normalized spacial score (nSPS) is 15.2. The Labute approximate surface area is 135 Å². The SMILES string of the molecule is C=CCNC(=O)[C@H](C)OC(=O)c1cccc(N2CCCC2=O)c1. The average Bonchev–Trinajstić information content (AvgIpc) is 2.98. The Hall–Kier alpha value is -2.63. The smallest absolute Gasteiger partial charge is 0.338 e. The molecule has 1 N–H and O–H groups in total. The molecule has 1 aliphatic rings. The molecule has 1 fully saturated rings. The van der Waals surface area contributed by atoms with Crippen LogP contribution in [0.3, 0.4) is 0 Å². The predicted molar refractivity (Wildman–Crippen MR) is 86.1 cm³/mol. The maximum atomic E-state index is 12.2. The molecule has 0 aliphatic carbocycles. The minimum atomic E-state index is -0.903. The van der Waals surface area contributed by atoms with E-state index in [9.17, 15) is 14.4 Å². The zero-order valence-corrected chi connectivity index (χ0v) is 13.1. The van der Waals surface area contributed by atoms with E-state index in [1.807, 2.05) is 0 Å². The first kappa shape index (κ1) is 16.7. The van der Waals surface area contributed by atoms with Gasteiger partial charge in [0.25, 0.3) is 5.91 Å². The molecule has 1 heterocycles. The summed E-state index contributed by atoms with van der Waals surface area (Å²) in [6.07, 6.45) is 1.98. The standard InChI is InChI=1S/C17H20N2O4/c1-3-9-18-16(21)12(2)23-17(22)13-6-4-7-14(11-13)19-10-5-8-15(19)20/h3-4,6-7,11-12H,1,5,8-10H2,2H3,(H,18,21)/t12-/m0/s1. The minimum absolute atomic E-state index is 0.0488. The molecule has 6 heteroatoms. The lowest BCUT2D eigenvalue weighted by molar-refractivity contribution is -0.128. The van der Waals surface area contributed by atoms with Gasteiger partial charge < -0.3 is 15.0 Å². The maximum Gasteiger partial charge on any atom is 0.338 e. The lowest BCUT2D eigenvalue weighted by Crippen LogP contribution is -2.35. The van der Waals surface area contributed by atoms with Crippen LogP contribution in [0, 0.1) is 0 Å². The molecule has 0 aromatic heterocycles. The van der Waals surface area contributed by atoms with Gasteiger partial charge in [-0.1, -0.05) is 12.1 Å². The van der Waals surface area contributed by atoms with Crippen LogP contribution in [-0.2, 0) is 14.3 Å². The Morgan fingerprint density at radius 2 is 2.26 bits per heavy atom. The lowest BCUT2D eigenvalue weighted by atomic mass is 10.2. The largest absolute Gasteiger partial charge is 0.449 e. The van der Waals surface area contributed by atoms with Crippen LogP contribution in [0.15, 0.2) is 36.9 Å². The molecular weight excluding hydrogens is 296 g/mol. The van der Waals surface area contributed by atoms with Gasteiger partial charge in [0.05, 0.1) is 5.56 Å². The minimum Gasteiger partial charge on any atom is -0.449 e. The summed E-state index contributed by atoms with van der Waals surface area (Å²) in [4.78, 5) is 37.3. The molecule has 0 spiro atoms. The average molecular weight is 316 g/mol. The third-order valence-electron chi connectivity index (χ3n) is 3.54. The second kappa shape index (κ2) is 7.58. The highest BCUT2D eigenvalue weighted by Gasteiger charge is 2.23. The van der Waals surface area contributed by atoms with Crippen molar-refractivity contribution in [3.63, 3.8) is 0 Å². The number of carbonyl (C=O) groups excluding carboxylic acids is 3. The highest BCUT2D eigenvalue weighted by molar-refractivity contribution is 5.98. The Morgan fingerprint density at radius 1 is 1.48 bits per heavy atom. The van der Waals surface area contributed by atoms with E-state index < -0.39 is 12.1 Å². The van der Waals surface area contributed by atoms with Crippen LogP contribution in [0.4, 0.5) is 5.69 Å². The van der Waals surface area contributed by atoms with Gasteiger partial charge in [0.1, 0.15) is 0 Å². The van der Waals surface area contributed by atoms with E-state index in [1.165, 1.54) is 6.92 Å². The quantitative estimate of drug-likeness (QED) is 0.640. The zero-order chi connectivity index (χ0) is 16.8. The van der Waals surface area contributed by atoms with E-state index in [4.69, 9.17) is 4.74 Å². The number of esters is 1. The van der Waals surface area contributed by atoms with Crippen LogP contribution in [0.1, 0.15) is 30.1 Å². The van der Waals surface area contributed by atoms with Crippen molar-refractivity contribution in [1.29, 1.82) is 0 Å². The second-order valence-corrected chi connectivity index (χ2v) is 5.28. The molecular formula is C17H20N2O4. The summed E-state index contributed by atoms with van der Waals surface area (Å²) >= 11 is 0. The number of nitrogens with one attached hydrogen (secondary N) is 1. The second-order valence-electron chi connectivity index (χ2n) is 5.28. The number of ether oxygens (including phenoxy) is 1. The van der Waals surface area contributed by atoms with E-state index in [1.54, 1.807) is 35.2 Å². The maximum absolute atomic E-state index is 12.2. The fourth-order valence-corrected chi connectivity index (χ4v) is 2.32. The molecule has 2 rings (SSSR count). The van der Waals surface area contributed by atoms with E-state index in [0.717, 1.165) is 6.42 Å². The number of rotatable bonds is 6. The summed E-state index contributed by atoms with van der Waals surface area (Å²) in [6, 6.07) is 6.68. The molecule has 1 aromatic rings.